The average molecular weight is 388 g/mol. The monoisotopic (exact) mass is 388 g/mol. The van der Waals surface area contributed by atoms with E-state index >= 15 is 0 Å². The lowest BCUT2D eigenvalue weighted by molar-refractivity contribution is 0.0746. The van der Waals surface area contributed by atoms with E-state index in [0.717, 1.165) is 17.7 Å². The van der Waals surface area contributed by atoms with E-state index in [1.54, 1.807) is 17.0 Å². The second-order valence-electron chi connectivity index (χ2n) is 6.48. The summed E-state index contributed by atoms with van der Waals surface area (Å²) < 4.78 is 29.2. The Balaban J connectivity index is 1.70. The fraction of sp³-hybridized carbons (Fsp3) is 0.350. The Morgan fingerprint density at radius 3 is 2.41 bits per heavy atom. The third-order valence-electron chi connectivity index (χ3n) is 4.58. The summed E-state index contributed by atoms with van der Waals surface area (Å²) in [6.45, 7) is 5.10. The third-order valence-corrected chi connectivity index (χ3v) is 5.69. The van der Waals surface area contributed by atoms with Crippen LogP contribution in [-0.4, -0.2) is 58.3 Å². The number of carbonyl (C=O) groups is 1. The molecule has 0 N–H and O–H groups in total. The first-order valence-electron chi connectivity index (χ1n) is 8.96. The van der Waals surface area contributed by atoms with Crippen LogP contribution in [0.3, 0.4) is 0 Å². The van der Waals surface area contributed by atoms with Crippen molar-refractivity contribution in [3.63, 3.8) is 0 Å². The number of hydrogen-bond acceptors (Lipinski definition) is 5. The molecule has 7 heteroatoms. The second kappa shape index (κ2) is 8.00. The van der Waals surface area contributed by atoms with Crippen LogP contribution in [0.2, 0.25) is 0 Å². The van der Waals surface area contributed by atoms with Crippen LogP contribution in [0.4, 0.5) is 5.69 Å². The minimum atomic E-state index is -3.34. The number of sulfone groups is 1. The van der Waals surface area contributed by atoms with Crippen molar-refractivity contribution in [2.45, 2.75) is 11.8 Å². The predicted molar refractivity (Wildman–Crippen MR) is 105 cm³/mol. The maximum Gasteiger partial charge on any atom is 0.254 e. The van der Waals surface area contributed by atoms with E-state index in [4.69, 9.17) is 4.74 Å². The van der Waals surface area contributed by atoms with Gasteiger partial charge in [-0.2, -0.15) is 0 Å². The van der Waals surface area contributed by atoms with Gasteiger partial charge >= 0.3 is 0 Å². The van der Waals surface area contributed by atoms with Crippen molar-refractivity contribution in [3.05, 3.63) is 54.1 Å². The topological polar surface area (TPSA) is 66.9 Å². The number of anilines is 1. The number of amides is 1. The number of para-hydroxylation sites is 2. The predicted octanol–water partition coefficient (Wildman–Crippen LogP) is 2.45. The fourth-order valence-electron chi connectivity index (χ4n) is 3.19. The highest BCUT2D eigenvalue weighted by molar-refractivity contribution is 7.90. The van der Waals surface area contributed by atoms with Gasteiger partial charge in [-0.3, -0.25) is 4.79 Å². The maximum absolute atomic E-state index is 12.8. The second-order valence-corrected chi connectivity index (χ2v) is 8.50. The van der Waals surface area contributed by atoms with Crippen molar-refractivity contribution >= 4 is 21.4 Å². The van der Waals surface area contributed by atoms with Crippen molar-refractivity contribution < 1.29 is 17.9 Å². The molecule has 0 atom stereocenters. The lowest BCUT2D eigenvalue weighted by Gasteiger charge is -2.36. The number of hydrogen-bond donors (Lipinski definition) is 0. The Hall–Kier alpha value is -2.54. The van der Waals surface area contributed by atoms with E-state index in [1.807, 2.05) is 31.2 Å². The smallest absolute Gasteiger partial charge is 0.254 e. The Morgan fingerprint density at radius 2 is 1.74 bits per heavy atom. The highest BCUT2D eigenvalue weighted by Gasteiger charge is 2.24. The minimum Gasteiger partial charge on any atom is -0.492 e. The maximum atomic E-state index is 12.8. The summed E-state index contributed by atoms with van der Waals surface area (Å²) >= 11 is 0. The molecule has 27 heavy (non-hydrogen) atoms. The summed E-state index contributed by atoms with van der Waals surface area (Å²) in [6.07, 6.45) is 1.14. The van der Waals surface area contributed by atoms with Gasteiger partial charge in [0.1, 0.15) is 5.75 Å². The van der Waals surface area contributed by atoms with Crippen LogP contribution in [0.15, 0.2) is 53.4 Å². The molecule has 1 aliphatic rings. The van der Waals surface area contributed by atoms with E-state index in [9.17, 15) is 13.2 Å². The first-order chi connectivity index (χ1) is 12.9. The Morgan fingerprint density at radius 1 is 1.04 bits per heavy atom. The van der Waals surface area contributed by atoms with Gasteiger partial charge < -0.3 is 14.5 Å². The van der Waals surface area contributed by atoms with Gasteiger partial charge in [-0.15, -0.1) is 0 Å². The molecule has 0 spiro atoms. The molecule has 1 heterocycles. The first-order valence-corrected chi connectivity index (χ1v) is 10.9. The fourth-order valence-corrected chi connectivity index (χ4v) is 3.86. The average Bonchev–Trinajstić information content (AvgIpc) is 2.68. The van der Waals surface area contributed by atoms with Gasteiger partial charge in [0, 0.05) is 38.0 Å². The van der Waals surface area contributed by atoms with E-state index < -0.39 is 9.84 Å². The van der Waals surface area contributed by atoms with E-state index in [-0.39, 0.29) is 10.8 Å². The Bertz CT molecular complexity index is 919. The molecular formula is C20H24N2O4S. The molecule has 2 aromatic carbocycles. The number of carbonyl (C=O) groups excluding carboxylic acids is 1. The zero-order valence-corrected chi connectivity index (χ0v) is 16.4. The SMILES string of the molecule is CCOc1ccccc1N1CCN(C(=O)c2cccc(S(C)(=O)=O)c2)CC1. The highest BCUT2D eigenvalue weighted by atomic mass is 32.2. The van der Waals surface area contributed by atoms with Crippen molar-refractivity contribution in [2.24, 2.45) is 0 Å². The molecule has 1 fully saturated rings. The van der Waals surface area contributed by atoms with Gasteiger partial charge in [0.15, 0.2) is 9.84 Å². The Labute approximate surface area is 160 Å². The lowest BCUT2D eigenvalue weighted by Crippen LogP contribution is -2.48. The van der Waals surface area contributed by atoms with Crippen LogP contribution >= 0.6 is 0 Å². The first kappa shape index (κ1) is 19.2. The molecule has 0 aromatic heterocycles. The quantitative estimate of drug-likeness (QED) is 0.787. The largest absolute Gasteiger partial charge is 0.492 e. The summed E-state index contributed by atoms with van der Waals surface area (Å²) in [5, 5.41) is 0. The minimum absolute atomic E-state index is 0.141. The standard InChI is InChI=1S/C20H24N2O4S/c1-3-26-19-10-5-4-9-18(19)21-11-13-22(14-12-21)20(23)16-7-6-8-17(15-16)27(2,24)25/h4-10,15H,3,11-14H2,1-2H3. The zero-order valence-electron chi connectivity index (χ0n) is 15.6. The molecule has 0 saturated carbocycles. The summed E-state index contributed by atoms with van der Waals surface area (Å²) in [6, 6.07) is 14.1. The molecule has 1 saturated heterocycles. The molecular weight excluding hydrogens is 364 g/mol. The molecule has 1 amide bonds. The van der Waals surface area contributed by atoms with Gasteiger partial charge in [0.25, 0.3) is 5.91 Å². The van der Waals surface area contributed by atoms with Gasteiger partial charge in [0.05, 0.1) is 17.2 Å². The summed E-state index contributed by atoms with van der Waals surface area (Å²) in [7, 11) is -3.34. The van der Waals surface area contributed by atoms with Crippen LogP contribution in [0.25, 0.3) is 0 Å². The molecule has 0 bridgehead atoms. The molecule has 2 aromatic rings. The van der Waals surface area contributed by atoms with Crippen molar-refractivity contribution in [3.8, 4) is 5.75 Å². The van der Waals surface area contributed by atoms with Crippen LogP contribution in [0.5, 0.6) is 5.75 Å². The number of ether oxygens (including phenoxy) is 1. The third kappa shape index (κ3) is 4.42. The summed E-state index contributed by atoms with van der Waals surface area (Å²) in [5.74, 6) is 0.707. The van der Waals surface area contributed by atoms with Gasteiger partial charge in [-0.05, 0) is 37.3 Å². The van der Waals surface area contributed by atoms with Gasteiger partial charge in [-0.25, -0.2) is 8.42 Å². The zero-order chi connectivity index (χ0) is 19.4. The van der Waals surface area contributed by atoms with Crippen LogP contribution in [0.1, 0.15) is 17.3 Å². The molecule has 0 radical (unpaired) electrons. The normalized spacial score (nSPS) is 14.9. The van der Waals surface area contributed by atoms with E-state index in [1.165, 1.54) is 12.1 Å². The van der Waals surface area contributed by atoms with Crippen LogP contribution in [0, 0.1) is 0 Å². The number of nitrogens with zero attached hydrogens (tertiary/aromatic N) is 2. The number of benzene rings is 2. The molecule has 1 aliphatic heterocycles. The van der Waals surface area contributed by atoms with Crippen LogP contribution < -0.4 is 9.64 Å². The van der Waals surface area contributed by atoms with E-state index in [2.05, 4.69) is 4.90 Å². The number of rotatable bonds is 5. The van der Waals surface area contributed by atoms with Crippen LogP contribution in [-0.2, 0) is 9.84 Å². The van der Waals surface area contributed by atoms with Crippen molar-refractivity contribution in [1.29, 1.82) is 0 Å². The van der Waals surface area contributed by atoms with Crippen molar-refractivity contribution in [1.82, 2.24) is 4.90 Å². The highest BCUT2D eigenvalue weighted by Crippen LogP contribution is 2.29. The molecule has 3 rings (SSSR count). The van der Waals surface area contributed by atoms with Gasteiger partial charge in [0.2, 0.25) is 0 Å². The molecule has 144 valence electrons. The van der Waals surface area contributed by atoms with Crippen molar-refractivity contribution in [2.75, 3.05) is 43.9 Å². The molecule has 0 unspecified atom stereocenters. The lowest BCUT2D eigenvalue weighted by atomic mass is 10.1. The summed E-state index contributed by atoms with van der Waals surface area (Å²) in [5.41, 5.74) is 1.44. The summed E-state index contributed by atoms with van der Waals surface area (Å²) in [4.78, 5) is 16.9. The molecule has 0 aliphatic carbocycles. The Kier molecular flexibility index (Phi) is 5.70. The van der Waals surface area contributed by atoms with Gasteiger partial charge in [-0.1, -0.05) is 18.2 Å². The number of piperazine rings is 1. The van der Waals surface area contributed by atoms with E-state index in [0.29, 0.717) is 38.3 Å². The molecule has 6 nitrogen and oxygen atoms in total.